The molecule has 1 aliphatic carbocycles. The highest BCUT2D eigenvalue weighted by atomic mass is 16.5. The molecule has 1 aliphatic rings. The Morgan fingerprint density at radius 2 is 1.48 bits per heavy atom. The van der Waals surface area contributed by atoms with Gasteiger partial charge in [0, 0.05) is 6.42 Å². The molecule has 0 spiro atoms. The van der Waals surface area contributed by atoms with E-state index in [1.54, 1.807) is 0 Å². The van der Waals surface area contributed by atoms with Crippen LogP contribution < -0.4 is 0 Å². The molecule has 0 aromatic heterocycles. The molecule has 2 nitrogen and oxygen atoms in total. The van der Waals surface area contributed by atoms with Gasteiger partial charge in [0.2, 0.25) is 0 Å². The van der Waals surface area contributed by atoms with E-state index in [0.717, 1.165) is 18.3 Å². The summed E-state index contributed by atoms with van der Waals surface area (Å²) < 4.78 is 4.72. The third-order valence-electron chi connectivity index (χ3n) is 5.18. The van der Waals surface area contributed by atoms with Crippen molar-refractivity contribution in [2.45, 2.75) is 96.8 Å². The van der Waals surface area contributed by atoms with Crippen LogP contribution in [0, 0.1) is 11.8 Å². The first-order valence-electron chi connectivity index (χ1n) is 9.34. The van der Waals surface area contributed by atoms with Gasteiger partial charge in [-0.25, -0.2) is 0 Å². The summed E-state index contributed by atoms with van der Waals surface area (Å²) >= 11 is 0. The molecule has 2 heteroatoms. The van der Waals surface area contributed by atoms with Gasteiger partial charge in [0.1, 0.15) is 0 Å². The molecule has 0 radical (unpaired) electrons. The van der Waals surface area contributed by atoms with Gasteiger partial charge in [-0.3, -0.25) is 4.79 Å². The largest absolute Gasteiger partial charge is 0.469 e. The fraction of sp³-hybridized carbons (Fsp3) is 0.947. The molecule has 0 N–H and O–H groups in total. The predicted molar refractivity (Wildman–Crippen MR) is 89.3 cm³/mol. The topological polar surface area (TPSA) is 26.3 Å². The van der Waals surface area contributed by atoms with Crippen LogP contribution in [0.15, 0.2) is 0 Å². The molecule has 0 bridgehead atoms. The standard InChI is InChI=1S/C19H36O2/c1-3-4-5-6-7-8-9-12-17-13-10-14-18(17)15-11-16-19(20)21-2/h17-18H,3-16H2,1-2H3/t17-,18+/m1/s1. The lowest BCUT2D eigenvalue weighted by Crippen LogP contribution is -2.09. The van der Waals surface area contributed by atoms with Gasteiger partial charge in [-0.05, 0) is 24.7 Å². The number of carbonyl (C=O) groups excluding carboxylic acids is 1. The second-order valence-corrected chi connectivity index (χ2v) is 6.83. The molecule has 1 fully saturated rings. The highest BCUT2D eigenvalue weighted by molar-refractivity contribution is 5.68. The van der Waals surface area contributed by atoms with Crippen LogP contribution in [0.1, 0.15) is 96.8 Å². The molecule has 124 valence electrons. The zero-order chi connectivity index (χ0) is 15.3. The first kappa shape index (κ1) is 18.5. The number of carbonyl (C=O) groups is 1. The Bertz CT molecular complexity index is 262. The lowest BCUT2D eigenvalue weighted by Gasteiger charge is -2.19. The lowest BCUT2D eigenvalue weighted by atomic mass is 9.87. The van der Waals surface area contributed by atoms with E-state index in [1.165, 1.54) is 84.2 Å². The van der Waals surface area contributed by atoms with Crippen LogP contribution in [0.25, 0.3) is 0 Å². The molecule has 2 atom stereocenters. The molecule has 1 saturated carbocycles. The van der Waals surface area contributed by atoms with Crippen LogP contribution >= 0.6 is 0 Å². The van der Waals surface area contributed by atoms with Crippen LogP contribution in [0.4, 0.5) is 0 Å². The first-order chi connectivity index (χ1) is 10.3. The maximum absolute atomic E-state index is 11.2. The maximum atomic E-state index is 11.2. The molecule has 0 amide bonds. The van der Waals surface area contributed by atoms with Crippen LogP contribution in [-0.4, -0.2) is 13.1 Å². The van der Waals surface area contributed by atoms with E-state index in [1.807, 2.05) is 0 Å². The second-order valence-electron chi connectivity index (χ2n) is 6.83. The average molecular weight is 296 g/mol. The van der Waals surface area contributed by atoms with Gasteiger partial charge in [0.15, 0.2) is 0 Å². The Balaban J connectivity index is 2.03. The normalized spacial score (nSPS) is 21.6. The number of esters is 1. The van der Waals surface area contributed by atoms with Crippen molar-refractivity contribution in [1.82, 2.24) is 0 Å². The van der Waals surface area contributed by atoms with Crippen LogP contribution in [0.3, 0.4) is 0 Å². The van der Waals surface area contributed by atoms with E-state index >= 15 is 0 Å². The molecule has 0 heterocycles. The number of hydrogen-bond acceptors (Lipinski definition) is 2. The van der Waals surface area contributed by atoms with Crippen LogP contribution in [0.2, 0.25) is 0 Å². The van der Waals surface area contributed by atoms with Crippen molar-refractivity contribution in [3.8, 4) is 0 Å². The third-order valence-corrected chi connectivity index (χ3v) is 5.18. The first-order valence-corrected chi connectivity index (χ1v) is 9.34. The van der Waals surface area contributed by atoms with Crippen molar-refractivity contribution in [2.75, 3.05) is 7.11 Å². The number of hydrogen-bond donors (Lipinski definition) is 0. The molecule has 0 aliphatic heterocycles. The van der Waals surface area contributed by atoms with Gasteiger partial charge in [-0.15, -0.1) is 0 Å². The van der Waals surface area contributed by atoms with Crippen molar-refractivity contribution in [3.63, 3.8) is 0 Å². The Kier molecular flexibility index (Phi) is 10.6. The maximum Gasteiger partial charge on any atom is 0.305 e. The fourth-order valence-corrected chi connectivity index (χ4v) is 3.85. The van der Waals surface area contributed by atoms with Crippen LogP contribution in [-0.2, 0) is 9.53 Å². The quantitative estimate of drug-likeness (QED) is 0.332. The number of unbranched alkanes of at least 4 members (excludes halogenated alkanes) is 6. The Labute approximate surface area is 132 Å². The average Bonchev–Trinajstić information content (AvgIpc) is 2.93. The minimum Gasteiger partial charge on any atom is -0.469 e. The SMILES string of the molecule is CCCCCCCCC[C@@H]1CCC[C@H]1CCCC(=O)OC. The molecule has 21 heavy (non-hydrogen) atoms. The molecule has 0 unspecified atom stereocenters. The monoisotopic (exact) mass is 296 g/mol. The summed E-state index contributed by atoms with van der Waals surface area (Å²) in [7, 11) is 1.49. The van der Waals surface area contributed by atoms with Gasteiger partial charge in [0.25, 0.3) is 0 Å². The van der Waals surface area contributed by atoms with Crippen LogP contribution in [0.5, 0.6) is 0 Å². The fourth-order valence-electron chi connectivity index (χ4n) is 3.85. The highest BCUT2D eigenvalue weighted by Gasteiger charge is 2.26. The minimum atomic E-state index is -0.0448. The summed E-state index contributed by atoms with van der Waals surface area (Å²) in [5.74, 6) is 1.78. The molecule has 0 saturated heterocycles. The molecular formula is C19H36O2. The van der Waals surface area contributed by atoms with Gasteiger partial charge in [-0.1, -0.05) is 77.6 Å². The zero-order valence-corrected chi connectivity index (χ0v) is 14.4. The van der Waals surface area contributed by atoms with E-state index in [9.17, 15) is 4.79 Å². The van der Waals surface area contributed by atoms with Gasteiger partial charge in [-0.2, -0.15) is 0 Å². The van der Waals surface area contributed by atoms with Crippen molar-refractivity contribution < 1.29 is 9.53 Å². The zero-order valence-electron chi connectivity index (χ0n) is 14.4. The molecule has 0 aromatic rings. The number of rotatable bonds is 12. The third kappa shape index (κ3) is 8.48. The smallest absolute Gasteiger partial charge is 0.305 e. The van der Waals surface area contributed by atoms with E-state index in [0.29, 0.717) is 6.42 Å². The second kappa shape index (κ2) is 12.1. The van der Waals surface area contributed by atoms with E-state index in [-0.39, 0.29) is 5.97 Å². The van der Waals surface area contributed by atoms with E-state index < -0.39 is 0 Å². The molecular weight excluding hydrogens is 260 g/mol. The molecule has 0 aromatic carbocycles. The summed E-state index contributed by atoms with van der Waals surface area (Å²) in [6, 6.07) is 0. The minimum absolute atomic E-state index is 0.0448. The van der Waals surface area contributed by atoms with Crippen molar-refractivity contribution in [1.29, 1.82) is 0 Å². The van der Waals surface area contributed by atoms with Crippen molar-refractivity contribution in [2.24, 2.45) is 11.8 Å². The van der Waals surface area contributed by atoms with Gasteiger partial charge < -0.3 is 4.74 Å². The molecule has 1 rings (SSSR count). The Morgan fingerprint density at radius 3 is 2.10 bits per heavy atom. The summed E-state index contributed by atoms with van der Waals surface area (Å²) in [5, 5.41) is 0. The summed E-state index contributed by atoms with van der Waals surface area (Å²) in [4.78, 5) is 11.2. The highest BCUT2D eigenvalue weighted by Crippen LogP contribution is 2.38. The van der Waals surface area contributed by atoms with Crippen molar-refractivity contribution in [3.05, 3.63) is 0 Å². The summed E-state index contributed by atoms with van der Waals surface area (Å²) in [6.45, 7) is 2.28. The lowest BCUT2D eigenvalue weighted by molar-refractivity contribution is -0.140. The summed E-state index contributed by atoms with van der Waals surface area (Å²) in [6.07, 6.45) is 18.4. The van der Waals surface area contributed by atoms with Gasteiger partial charge >= 0.3 is 5.97 Å². The number of ether oxygens (including phenoxy) is 1. The van der Waals surface area contributed by atoms with E-state index in [4.69, 9.17) is 4.74 Å². The van der Waals surface area contributed by atoms with E-state index in [2.05, 4.69) is 6.92 Å². The predicted octanol–water partition coefficient (Wildman–Crippen LogP) is 5.89. The Hall–Kier alpha value is -0.530. The van der Waals surface area contributed by atoms with Crippen molar-refractivity contribution >= 4 is 5.97 Å². The van der Waals surface area contributed by atoms with Gasteiger partial charge in [0.05, 0.1) is 7.11 Å². The Morgan fingerprint density at radius 1 is 0.905 bits per heavy atom. The number of methoxy groups -OCH3 is 1. The summed E-state index contributed by atoms with van der Waals surface area (Å²) in [5.41, 5.74) is 0.